The van der Waals surface area contributed by atoms with Crippen molar-refractivity contribution in [3.63, 3.8) is 0 Å². The number of ether oxygens (including phenoxy) is 1. The zero-order chi connectivity index (χ0) is 14.4. The third-order valence-corrected chi connectivity index (χ3v) is 2.73. The molecular weight excluding hydrogens is 252 g/mol. The average Bonchev–Trinajstić information content (AvgIpc) is 2.45. The van der Waals surface area contributed by atoms with Gasteiger partial charge in [0.1, 0.15) is 24.2 Å². The maximum atomic E-state index is 9.00. The monoisotopic (exact) mass is 268 g/mol. The number of pyridine rings is 1. The van der Waals surface area contributed by atoms with Crippen LogP contribution in [-0.4, -0.2) is 18.1 Å². The molecule has 0 amide bonds. The van der Waals surface area contributed by atoms with E-state index in [-0.39, 0.29) is 0 Å². The highest BCUT2D eigenvalue weighted by Gasteiger charge is 2.03. The molecule has 0 spiro atoms. The third kappa shape index (κ3) is 3.39. The van der Waals surface area contributed by atoms with E-state index in [1.54, 1.807) is 12.1 Å². The van der Waals surface area contributed by atoms with Crippen molar-refractivity contribution >= 4 is 11.5 Å². The van der Waals surface area contributed by atoms with E-state index in [4.69, 9.17) is 15.7 Å². The first-order valence-corrected chi connectivity index (χ1v) is 6.29. The molecule has 20 heavy (non-hydrogen) atoms. The smallest absolute Gasteiger partial charge is 0.144 e. The van der Waals surface area contributed by atoms with Crippen LogP contribution in [0.15, 0.2) is 36.4 Å². The number of aromatic nitrogens is 1. The van der Waals surface area contributed by atoms with Crippen molar-refractivity contribution in [2.24, 2.45) is 0 Å². The maximum absolute atomic E-state index is 9.00. The zero-order valence-corrected chi connectivity index (χ0v) is 11.3. The molecule has 2 aromatic rings. The van der Waals surface area contributed by atoms with Crippen molar-refractivity contribution in [2.45, 2.75) is 6.92 Å². The molecule has 0 unspecified atom stereocenters. The molecule has 1 aromatic heterocycles. The van der Waals surface area contributed by atoms with Crippen molar-refractivity contribution < 1.29 is 4.74 Å². The number of nitriles is 1. The van der Waals surface area contributed by atoms with Crippen molar-refractivity contribution in [1.82, 2.24) is 4.98 Å². The highest BCUT2D eigenvalue weighted by Crippen LogP contribution is 2.19. The Morgan fingerprint density at radius 3 is 2.85 bits per heavy atom. The quantitative estimate of drug-likeness (QED) is 0.642. The van der Waals surface area contributed by atoms with Gasteiger partial charge in [-0.2, -0.15) is 5.26 Å². The maximum Gasteiger partial charge on any atom is 0.144 e. The van der Waals surface area contributed by atoms with Crippen LogP contribution in [0.3, 0.4) is 0 Å². The van der Waals surface area contributed by atoms with Crippen molar-refractivity contribution in [1.29, 1.82) is 5.26 Å². The Kier molecular flexibility index (Phi) is 4.40. The summed E-state index contributed by atoms with van der Waals surface area (Å²) in [5, 5.41) is 12.1. The number of nitrogens with zero attached hydrogens (tertiary/aromatic N) is 2. The molecule has 0 bridgehead atoms. The van der Waals surface area contributed by atoms with Gasteiger partial charge < -0.3 is 15.8 Å². The highest BCUT2D eigenvalue weighted by molar-refractivity contribution is 5.53. The topological polar surface area (TPSA) is 84.0 Å². The fourth-order valence-electron chi connectivity index (χ4n) is 1.72. The summed E-state index contributed by atoms with van der Waals surface area (Å²) in [4.78, 5) is 4.29. The first-order valence-electron chi connectivity index (χ1n) is 6.29. The van der Waals surface area contributed by atoms with Crippen molar-refractivity contribution in [3.8, 4) is 11.8 Å². The molecule has 1 aromatic carbocycles. The van der Waals surface area contributed by atoms with Crippen LogP contribution in [0.1, 0.15) is 11.3 Å². The largest absolute Gasteiger partial charge is 0.490 e. The van der Waals surface area contributed by atoms with Gasteiger partial charge in [-0.15, -0.1) is 0 Å². The first kappa shape index (κ1) is 13.7. The molecule has 1 heterocycles. The molecular formula is C15H16N4O. The Bertz CT molecular complexity index is 634. The predicted molar refractivity (Wildman–Crippen MR) is 78.5 cm³/mol. The van der Waals surface area contributed by atoms with E-state index < -0.39 is 0 Å². The lowest BCUT2D eigenvalue weighted by Crippen LogP contribution is -2.14. The third-order valence-electron chi connectivity index (χ3n) is 2.73. The minimum atomic E-state index is 0.439. The van der Waals surface area contributed by atoms with Crippen molar-refractivity contribution in [3.05, 3.63) is 47.7 Å². The van der Waals surface area contributed by atoms with Crippen LogP contribution >= 0.6 is 0 Å². The molecule has 0 aliphatic rings. The van der Waals surface area contributed by atoms with Crippen LogP contribution in [0, 0.1) is 18.3 Å². The van der Waals surface area contributed by atoms with Gasteiger partial charge in [-0.3, -0.25) is 0 Å². The molecule has 0 aliphatic carbocycles. The summed E-state index contributed by atoms with van der Waals surface area (Å²) in [6.07, 6.45) is 0. The van der Waals surface area contributed by atoms with Gasteiger partial charge in [-0.1, -0.05) is 12.1 Å². The lowest BCUT2D eigenvalue weighted by Gasteiger charge is -2.10. The molecule has 0 saturated heterocycles. The number of rotatable bonds is 5. The van der Waals surface area contributed by atoms with Crippen LogP contribution < -0.4 is 15.8 Å². The molecule has 0 atom stereocenters. The first-order chi connectivity index (χ1) is 9.70. The summed E-state index contributed by atoms with van der Waals surface area (Å²) in [5.74, 6) is 1.24. The summed E-state index contributed by atoms with van der Waals surface area (Å²) in [6, 6.07) is 13.0. The number of nitrogens with two attached hydrogens (primary N) is 1. The molecule has 0 fully saturated rings. The summed E-state index contributed by atoms with van der Waals surface area (Å²) >= 11 is 0. The van der Waals surface area contributed by atoms with Gasteiger partial charge in [0.05, 0.1) is 17.8 Å². The molecule has 0 radical (unpaired) electrons. The van der Waals surface area contributed by atoms with Gasteiger partial charge in [0.25, 0.3) is 0 Å². The van der Waals surface area contributed by atoms with Crippen LogP contribution in [0.4, 0.5) is 11.5 Å². The molecule has 5 nitrogen and oxygen atoms in total. The van der Waals surface area contributed by atoms with Gasteiger partial charge in [0.2, 0.25) is 0 Å². The van der Waals surface area contributed by atoms with Gasteiger partial charge >= 0.3 is 0 Å². The Labute approximate surface area is 118 Å². The fourth-order valence-corrected chi connectivity index (χ4v) is 1.72. The van der Waals surface area contributed by atoms with Gasteiger partial charge in [-0.05, 0) is 31.2 Å². The van der Waals surface area contributed by atoms with Gasteiger partial charge in [0, 0.05) is 5.69 Å². The number of anilines is 2. The Morgan fingerprint density at radius 1 is 1.30 bits per heavy atom. The number of nitrogen functional groups attached to an aromatic ring is 1. The van der Waals surface area contributed by atoms with Crippen molar-refractivity contribution in [2.75, 3.05) is 24.2 Å². The molecule has 0 saturated carbocycles. The van der Waals surface area contributed by atoms with E-state index in [9.17, 15) is 0 Å². The minimum absolute atomic E-state index is 0.439. The van der Waals surface area contributed by atoms with Crippen LogP contribution in [0.2, 0.25) is 0 Å². The number of para-hydroxylation sites is 2. The average molecular weight is 268 g/mol. The van der Waals surface area contributed by atoms with Crippen LogP contribution in [0.5, 0.6) is 5.75 Å². The molecule has 3 N–H and O–H groups in total. The second-order valence-electron chi connectivity index (χ2n) is 4.27. The summed E-state index contributed by atoms with van der Waals surface area (Å²) in [6.45, 7) is 2.86. The second-order valence-corrected chi connectivity index (χ2v) is 4.27. The van der Waals surface area contributed by atoms with E-state index in [1.807, 2.05) is 31.2 Å². The summed E-state index contributed by atoms with van der Waals surface area (Å²) in [5.41, 5.74) is 7.77. The van der Waals surface area contributed by atoms with E-state index >= 15 is 0 Å². The van der Waals surface area contributed by atoms with Crippen LogP contribution in [0.25, 0.3) is 0 Å². The Balaban J connectivity index is 1.89. The van der Waals surface area contributed by atoms with Crippen LogP contribution in [-0.2, 0) is 0 Å². The number of nitrogens with one attached hydrogen (secondary N) is 1. The molecule has 5 heteroatoms. The molecule has 2 rings (SSSR count). The standard InChI is InChI=1S/C15H16N4O/c1-11-6-7-12(10-16)15(19-11)18-8-9-20-14-5-3-2-4-13(14)17/h2-7H,8-9,17H2,1H3,(H,18,19). The predicted octanol–water partition coefficient (Wildman–Crippen LogP) is 2.33. The minimum Gasteiger partial charge on any atom is -0.490 e. The number of hydrogen-bond donors (Lipinski definition) is 2. The number of aryl methyl sites for hydroxylation is 1. The summed E-state index contributed by atoms with van der Waals surface area (Å²) < 4.78 is 5.56. The SMILES string of the molecule is Cc1ccc(C#N)c(NCCOc2ccccc2N)n1. The zero-order valence-electron chi connectivity index (χ0n) is 11.3. The van der Waals surface area contributed by atoms with Gasteiger partial charge in [-0.25, -0.2) is 4.98 Å². The van der Waals surface area contributed by atoms with E-state index in [0.717, 1.165) is 5.69 Å². The lowest BCUT2D eigenvalue weighted by molar-refractivity contribution is 0.334. The Morgan fingerprint density at radius 2 is 2.10 bits per heavy atom. The molecule has 102 valence electrons. The second kappa shape index (κ2) is 6.43. The van der Waals surface area contributed by atoms with Gasteiger partial charge in [0.15, 0.2) is 0 Å². The lowest BCUT2D eigenvalue weighted by atomic mass is 10.2. The van der Waals surface area contributed by atoms with E-state index in [0.29, 0.717) is 36.0 Å². The number of hydrogen-bond acceptors (Lipinski definition) is 5. The molecule has 0 aliphatic heterocycles. The highest BCUT2D eigenvalue weighted by atomic mass is 16.5. The van der Waals surface area contributed by atoms with E-state index in [2.05, 4.69) is 16.4 Å². The number of benzene rings is 1. The fraction of sp³-hybridized carbons (Fsp3) is 0.200. The van der Waals surface area contributed by atoms with E-state index in [1.165, 1.54) is 0 Å². The normalized spacial score (nSPS) is 9.80. The summed E-state index contributed by atoms with van der Waals surface area (Å²) in [7, 11) is 0. The Hall–Kier alpha value is -2.74.